The highest BCUT2D eigenvalue weighted by Gasteiger charge is 2.11. The highest BCUT2D eigenvalue weighted by atomic mass is 16.5. The van der Waals surface area contributed by atoms with Crippen molar-refractivity contribution in [1.29, 1.82) is 0 Å². The number of carbonyl (C=O) groups excluding carboxylic acids is 1. The molecule has 1 aromatic carbocycles. The number of carbonyl (C=O) groups is 1. The standard InChI is InChI=1S/C12H13NO2/c1-8-4-5-11-10(6-8)9(2)7-13(11)12(14)15-3/h4-7H,1-3H3. The van der Waals surface area contributed by atoms with Gasteiger partial charge in [-0.25, -0.2) is 4.79 Å². The van der Waals surface area contributed by atoms with E-state index >= 15 is 0 Å². The maximum absolute atomic E-state index is 11.5. The zero-order chi connectivity index (χ0) is 11.0. The average molecular weight is 203 g/mol. The Hall–Kier alpha value is -1.77. The number of benzene rings is 1. The van der Waals surface area contributed by atoms with Gasteiger partial charge in [0.15, 0.2) is 0 Å². The molecule has 2 rings (SSSR count). The summed E-state index contributed by atoms with van der Waals surface area (Å²) in [6, 6.07) is 6.00. The van der Waals surface area contributed by atoms with Gasteiger partial charge in [-0.3, -0.25) is 4.57 Å². The first-order valence-corrected chi connectivity index (χ1v) is 4.80. The van der Waals surface area contributed by atoms with Gasteiger partial charge >= 0.3 is 6.09 Å². The van der Waals surface area contributed by atoms with Crippen LogP contribution in [0.25, 0.3) is 10.9 Å². The Morgan fingerprint density at radius 3 is 2.73 bits per heavy atom. The summed E-state index contributed by atoms with van der Waals surface area (Å²) in [5, 5.41) is 1.10. The zero-order valence-corrected chi connectivity index (χ0v) is 9.07. The number of methoxy groups -OCH3 is 1. The first kappa shape index (κ1) is 9.77. The molecule has 3 nitrogen and oxygen atoms in total. The van der Waals surface area contributed by atoms with Crippen LogP contribution in [0.2, 0.25) is 0 Å². The minimum Gasteiger partial charge on any atom is -0.452 e. The fourth-order valence-electron chi connectivity index (χ4n) is 1.76. The van der Waals surface area contributed by atoms with Crippen LogP contribution in [-0.4, -0.2) is 17.8 Å². The molecule has 3 heteroatoms. The van der Waals surface area contributed by atoms with E-state index in [0.29, 0.717) is 0 Å². The minimum atomic E-state index is -0.350. The Balaban J connectivity index is 2.73. The molecule has 0 bridgehead atoms. The van der Waals surface area contributed by atoms with Gasteiger partial charge in [-0.15, -0.1) is 0 Å². The molecule has 1 aromatic heterocycles. The molecule has 0 saturated heterocycles. The molecule has 0 atom stereocenters. The second-order valence-corrected chi connectivity index (χ2v) is 3.67. The lowest BCUT2D eigenvalue weighted by atomic mass is 10.1. The molecule has 78 valence electrons. The van der Waals surface area contributed by atoms with E-state index in [9.17, 15) is 4.79 Å². The van der Waals surface area contributed by atoms with Gasteiger partial charge in [0, 0.05) is 11.6 Å². The van der Waals surface area contributed by atoms with Crippen molar-refractivity contribution in [2.45, 2.75) is 13.8 Å². The Kier molecular flexibility index (Phi) is 2.23. The topological polar surface area (TPSA) is 31.2 Å². The van der Waals surface area contributed by atoms with Crippen LogP contribution in [0.3, 0.4) is 0 Å². The van der Waals surface area contributed by atoms with Crippen molar-refractivity contribution < 1.29 is 9.53 Å². The van der Waals surface area contributed by atoms with E-state index in [2.05, 4.69) is 6.07 Å². The van der Waals surface area contributed by atoms with Crippen molar-refractivity contribution in [3.63, 3.8) is 0 Å². The molecular weight excluding hydrogens is 190 g/mol. The molecule has 0 aliphatic carbocycles. The van der Waals surface area contributed by atoms with Crippen LogP contribution < -0.4 is 0 Å². The average Bonchev–Trinajstić information content (AvgIpc) is 2.55. The van der Waals surface area contributed by atoms with E-state index in [4.69, 9.17) is 4.74 Å². The molecule has 0 spiro atoms. The number of rotatable bonds is 0. The van der Waals surface area contributed by atoms with Crippen molar-refractivity contribution in [2.75, 3.05) is 7.11 Å². The van der Waals surface area contributed by atoms with E-state index in [-0.39, 0.29) is 6.09 Å². The molecule has 0 radical (unpaired) electrons. The van der Waals surface area contributed by atoms with Gasteiger partial charge in [-0.2, -0.15) is 0 Å². The lowest BCUT2D eigenvalue weighted by Crippen LogP contribution is -2.09. The van der Waals surface area contributed by atoms with Crippen molar-refractivity contribution in [2.24, 2.45) is 0 Å². The van der Waals surface area contributed by atoms with E-state index in [1.165, 1.54) is 17.2 Å². The number of aromatic nitrogens is 1. The monoisotopic (exact) mass is 203 g/mol. The Morgan fingerprint density at radius 2 is 2.07 bits per heavy atom. The molecule has 2 aromatic rings. The van der Waals surface area contributed by atoms with E-state index < -0.39 is 0 Å². The third-order valence-corrected chi connectivity index (χ3v) is 2.53. The minimum absolute atomic E-state index is 0.350. The highest BCUT2D eigenvalue weighted by Crippen LogP contribution is 2.22. The van der Waals surface area contributed by atoms with Gasteiger partial charge < -0.3 is 4.74 Å². The van der Waals surface area contributed by atoms with Gasteiger partial charge in [0.05, 0.1) is 12.6 Å². The van der Waals surface area contributed by atoms with Crippen LogP contribution in [0.15, 0.2) is 24.4 Å². The largest absolute Gasteiger partial charge is 0.452 e. The fraction of sp³-hybridized carbons (Fsp3) is 0.250. The molecule has 0 unspecified atom stereocenters. The highest BCUT2D eigenvalue weighted by molar-refractivity contribution is 5.92. The third-order valence-electron chi connectivity index (χ3n) is 2.53. The number of fused-ring (bicyclic) bond motifs is 1. The summed E-state index contributed by atoms with van der Waals surface area (Å²) in [6.07, 6.45) is 1.45. The molecule has 0 aliphatic heterocycles. The molecule has 0 aliphatic rings. The predicted octanol–water partition coefficient (Wildman–Crippen LogP) is 2.87. The summed E-state index contributed by atoms with van der Waals surface area (Å²) < 4.78 is 6.24. The SMILES string of the molecule is COC(=O)n1cc(C)c2cc(C)ccc21. The second-order valence-electron chi connectivity index (χ2n) is 3.67. The summed E-state index contributed by atoms with van der Waals surface area (Å²) >= 11 is 0. The summed E-state index contributed by atoms with van der Waals surface area (Å²) in [4.78, 5) is 11.5. The Morgan fingerprint density at radius 1 is 1.33 bits per heavy atom. The molecule has 1 heterocycles. The van der Waals surface area contributed by atoms with Crippen LogP contribution in [-0.2, 0) is 4.74 Å². The van der Waals surface area contributed by atoms with Crippen molar-refractivity contribution >= 4 is 17.0 Å². The van der Waals surface area contributed by atoms with E-state index in [1.54, 1.807) is 6.20 Å². The molecule has 15 heavy (non-hydrogen) atoms. The zero-order valence-electron chi connectivity index (χ0n) is 9.07. The lowest BCUT2D eigenvalue weighted by Gasteiger charge is -2.01. The number of nitrogens with zero attached hydrogens (tertiary/aromatic N) is 1. The summed E-state index contributed by atoms with van der Waals surface area (Å²) in [5.41, 5.74) is 3.16. The van der Waals surface area contributed by atoms with E-state index in [0.717, 1.165) is 16.5 Å². The van der Waals surface area contributed by atoms with Crippen LogP contribution in [0.5, 0.6) is 0 Å². The van der Waals surface area contributed by atoms with Crippen molar-refractivity contribution in [1.82, 2.24) is 4.57 Å². The Labute approximate surface area is 88.3 Å². The maximum atomic E-state index is 11.5. The molecule has 0 saturated carbocycles. The number of hydrogen-bond acceptors (Lipinski definition) is 2. The summed E-state index contributed by atoms with van der Waals surface area (Å²) in [6.45, 7) is 4.02. The Bertz CT molecular complexity index is 526. The van der Waals surface area contributed by atoms with Crippen LogP contribution in [0, 0.1) is 13.8 Å². The lowest BCUT2D eigenvalue weighted by molar-refractivity contribution is 0.174. The smallest absolute Gasteiger partial charge is 0.418 e. The number of ether oxygens (including phenoxy) is 1. The number of aryl methyl sites for hydroxylation is 2. The quantitative estimate of drug-likeness (QED) is 0.659. The normalized spacial score (nSPS) is 10.6. The van der Waals surface area contributed by atoms with Crippen molar-refractivity contribution in [3.05, 3.63) is 35.5 Å². The van der Waals surface area contributed by atoms with Crippen LogP contribution >= 0.6 is 0 Å². The summed E-state index contributed by atoms with van der Waals surface area (Å²) in [7, 11) is 1.39. The van der Waals surface area contributed by atoms with Gasteiger partial charge in [-0.1, -0.05) is 11.6 Å². The third kappa shape index (κ3) is 1.50. The first-order valence-electron chi connectivity index (χ1n) is 4.80. The first-order chi connectivity index (χ1) is 7.13. The maximum Gasteiger partial charge on any atom is 0.418 e. The van der Waals surface area contributed by atoms with Crippen LogP contribution in [0.4, 0.5) is 4.79 Å². The molecule has 0 amide bonds. The molecular formula is C12H13NO2. The summed E-state index contributed by atoms with van der Waals surface area (Å²) in [5.74, 6) is 0. The molecule has 0 N–H and O–H groups in total. The van der Waals surface area contributed by atoms with Gasteiger partial charge in [0.1, 0.15) is 0 Å². The predicted molar refractivity (Wildman–Crippen MR) is 59.2 cm³/mol. The number of hydrogen-bond donors (Lipinski definition) is 0. The second kappa shape index (κ2) is 3.42. The van der Waals surface area contributed by atoms with Crippen LogP contribution in [0.1, 0.15) is 11.1 Å². The van der Waals surface area contributed by atoms with Crippen molar-refractivity contribution in [3.8, 4) is 0 Å². The van der Waals surface area contributed by atoms with E-state index in [1.807, 2.05) is 26.0 Å². The molecule has 0 fully saturated rings. The van der Waals surface area contributed by atoms with Gasteiger partial charge in [0.2, 0.25) is 0 Å². The fourth-order valence-corrected chi connectivity index (χ4v) is 1.76. The van der Waals surface area contributed by atoms with Gasteiger partial charge in [0.25, 0.3) is 0 Å². The van der Waals surface area contributed by atoms with Gasteiger partial charge in [-0.05, 0) is 31.5 Å².